The molecule has 1 aromatic rings. The fourth-order valence-electron chi connectivity index (χ4n) is 1.70. The van der Waals surface area contributed by atoms with E-state index >= 15 is 0 Å². The van der Waals surface area contributed by atoms with Gasteiger partial charge in [0.1, 0.15) is 19.8 Å². The van der Waals surface area contributed by atoms with E-state index in [0.717, 1.165) is 5.56 Å². The van der Waals surface area contributed by atoms with Gasteiger partial charge in [-0.1, -0.05) is 30.3 Å². The average molecular weight is 266 g/mol. The van der Waals surface area contributed by atoms with Gasteiger partial charge in [-0.2, -0.15) is 0 Å². The van der Waals surface area contributed by atoms with E-state index in [9.17, 15) is 4.79 Å². The Labute approximate surface area is 112 Å². The Morgan fingerprint density at radius 1 is 1.26 bits per heavy atom. The van der Waals surface area contributed by atoms with Crippen molar-refractivity contribution in [1.82, 2.24) is 0 Å². The Bertz CT molecular complexity index is 434. The highest BCUT2D eigenvalue weighted by atomic mass is 16.7. The summed E-state index contributed by atoms with van der Waals surface area (Å²) in [4.78, 5) is 12.1. The van der Waals surface area contributed by atoms with Crippen LogP contribution in [0.1, 0.15) is 19.4 Å². The number of rotatable bonds is 3. The number of hydrogen-bond acceptors (Lipinski definition) is 4. The van der Waals surface area contributed by atoms with E-state index in [0.29, 0.717) is 0 Å². The summed E-state index contributed by atoms with van der Waals surface area (Å²) in [6.07, 6.45) is 0. The number of ether oxygens (including phenoxy) is 3. The molecule has 0 atom stereocenters. The van der Waals surface area contributed by atoms with Crippen LogP contribution in [0.25, 0.3) is 0 Å². The van der Waals surface area contributed by atoms with Crippen LogP contribution in [0.4, 0.5) is 0 Å². The fraction of sp³-hybridized carbons (Fsp3) is 0.500. The van der Waals surface area contributed by atoms with Gasteiger partial charge in [0, 0.05) is 0 Å². The lowest BCUT2D eigenvalue weighted by atomic mass is 10.0. The van der Waals surface area contributed by atoms with Crippen LogP contribution in [0.2, 0.25) is 0 Å². The maximum absolute atomic E-state index is 12.1. The minimum Gasteiger partial charge on any atom is -0.456 e. The summed E-state index contributed by atoms with van der Waals surface area (Å²) in [5.41, 5.74) is 3.84. The molecular weight excluding hydrogens is 246 g/mol. The van der Waals surface area contributed by atoms with Crippen LogP contribution in [-0.4, -0.2) is 30.5 Å². The number of quaternary nitrogens is 1. The summed E-state index contributed by atoms with van der Waals surface area (Å²) in [7, 11) is 0. The average Bonchev–Trinajstić information content (AvgIpc) is 2.41. The Balaban J connectivity index is 1.90. The van der Waals surface area contributed by atoms with Crippen molar-refractivity contribution in [3.63, 3.8) is 0 Å². The van der Waals surface area contributed by atoms with Crippen molar-refractivity contribution >= 4 is 5.97 Å². The van der Waals surface area contributed by atoms with E-state index < -0.39 is 17.3 Å². The van der Waals surface area contributed by atoms with E-state index in [2.05, 4.69) is 5.73 Å². The predicted octanol–water partition coefficient (Wildman–Crippen LogP) is 0.493. The zero-order valence-electron chi connectivity index (χ0n) is 11.3. The molecule has 0 aromatic heterocycles. The van der Waals surface area contributed by atoms with Gasteiger partial charge < -0.3 is 19.9 Å². The predicted molar refractivity (Wildman–Crippen MR) is 67.8 cm³/mol. The lowest BCUT2D eigenvalue weighted by Gasteiger charge is -2.37. The third kappa shape index (κ3) is 3.53. The first kappa shape index (κ1) is 14.0. The van der Waals surface area contributed by atoms with Crippen molar-refractivity contribution < 1.29 is 24.7 Å². The summed E-state index contributed by atoms with van der Waals surface area (Å²) >= 11 is 0. The molecule has 3 N–H and O–H groups in total. The van der Waals surface area contributed by atoms with Crippen LogP contribution in [0, 0.1) is 0 Å². The van der Waals surface area contributed by atoms with Gasteiger partial charge in [-0.25, -0.2) is 4.79 Å². The molecule has 0 saturated carbocycles. The first-order valence-electron chi connectivity index (χ1n) is 6.26. The molecule has 5 heteroatoms. The number of carbonyl (C=O) groups is 1. The Hall–Kier alpha value is -1.43. The van der Waals surface area contributed by atoms with Crippen LogP contribution in [0.5, 0.6) is 0 Å². The van der Waals surface area contributed by atoms with E-state index in [4.69, 9.17) is 14.2 Å². The van der Waals surface area contributed by atoms with Gasteiger partial charge in [0.05, 0.1) is 0 Å². The second kappa shape index (κ2) is 5.28. The number of carbonyl (C=O) groups excluding carboxylic acids is 1. The molecule has 2 rings (SSSR count). The number of hydrogen-bond donors (Lipinski definition) is 1. The number of esters is 1. The minimum absolute atomic E-state index is 0.202. The SMILES string of the molecule is CC1(C)OCC([NH3+])(C(=O)OCc2ccccc2)CO1. The van der Waals surface area contributed by atoms with Crippen molar-refractivity contribution in [2.45, 2.75) is 31.8 Å². The third-order valence-corrected chi connectivity index (χ3v) is 3.04. The van der Waals surface area contributed by atoms with Gasteiger partial charge in [0.2, 0.25) is 5.54 Å². The van der Waals surface area contributed by atoms with Crippen molar-refractivity contribution in [3.8, 4) is 0 Å². The molecule has 0 amide bonds. The van der Waals surface area contributed by atoms with Crippen molar-refractivity contribution in [2.75, 3.05) is 13.2 Å². The molecular formula is C14H20NO4+. The molecule has 0 bridgehead atoms. The minimum atomic E-state index is -0.982. The van der Waals surface area contributed by atoms with E-state index in [1.165, 1.54) is 0 Å². The molecule has 0 spiro atoms. The van der Waals surface area contributed by atoms with Crippen molar-refractivity contribution in [3.05, 3.63) is 35.9 Å². The second-order valence-corrected chi connectivity index (χ2v) is 5.32. The number of benzene rings is 1. The monoisotopic (exact) mass is 266 g/mol. The molecule has 0 aliphatic carbocycles. The van der Waals surface area contributed by atoms with Gasteiger partial charge >= 0.3 is 5.97 Å². The normalized spacial score (nSPS) is 20.8. The highest BCUT2D eigenvalue weighted by Crippen LogP contribution is 2.22. The lowest BCUT2D eigenvalue weighted by Crippen LogP contribution is -2.83. The molecule has 104 valence electrons. The van der Waals surface area contributed by atoms with Gasteiger partial charge in [0.15, 0.2) is 5.79 Å². The van der Waals surface area contributed by atoms with Crippen molar-refractivity contribution in [1.29, 1.82) is 0 Å². The van der Waals surface area contributed by atoms with Gasteiger partial charge in [-0.3, -0.25) is 0 Å². The quantitative estimate of drug-likeness (QED) is 0.808. The second-order valence-electron chi connectivity index (χ2n) is 5.32. The first-order valence-corrected chi connectivity index (χ1v) is 6.26. The molecule has 1 heterocycles. The molecule has 1 fully saturated rings. The summed E-state index contributed by atoms with van der Waals surface area (Å²) in [5.74, 6) is -1.06. The Morgan fingerprint density at radius 3 is 2.42 bits per heavy atom. The van der Waals surface area contributed by atoms with E-state index in [1.807, 2.05) is 44.2 Å². The van der Waals surface area contributed by atoms with Crippen LogP contribution in [0.3, 0.4) is 0 Å². The summed E-state index contributed by atoms with van der Waals surface area (Å²) in [6, 6.07) is 9.52. The summed E-state index contributed by atoms with van der Waals surface area (Å²) in [6.45, 7) is 4.26. The zero-order valence-corrected chi connectivity index (χ0v) is 11.3. The van der Waals surface area contributed by atoms with Crippen molar-refractivity contribution in [2.24, 2.45) is 0 Å². The summed E-state index contributed by atoms with van der Waals surface area (Å²) < 4.78 is 16.2. The molecule has 1 aromatic carbocycles. The maximum atomic E-state index is 12.1. The van der Waals surface area contributed by atoms with Gasteiger partial charge in [-0.15, -0.1) is 0 Å². The molecule has 1 aliphatic heterocycles. The van der Waals surface area contributed by atoms with E-state index in [-0.39, 0.29) is 19.8 Å². The largest absolute Gasteiger partial charge is 0.456 e. The molecule has 5 nitrogen and oxygen atoms in total. The maximum Gasteiger partial charge on any atom is 0.373 e. The Kier molecular flexibility index (Phi) is 3.89. The Morgan fingerprint density at radius 2 is 1.84 bits per heavy atom. The van der Waals surface area contributed by atoms with Crippen LogP contribution in [-0.2, 0) is 25.6 Å². The highest BCUT2D eigenvalue weighted by molar-refractivity contribution is 5.79. The topological polar surface area (TPSA) is 72.4 Å². The zero-order chi connectivity index (χ0) is 13.9. The van der Waals surface area contributed by atoms with Gasteiger partial charge in [-0.05, 0) is 19.4 Å². The third-order valence-electron chi connectivity index (χ3n) is 3.04. The smallest absolute Gasteiger partial charge is 0.373 e. The van der Waals surface area contributed by atoms with E-state index in [1.54, 1.807) is 0 Å². The highest BCUT2D eigenvalue weighted by Gasteiger charge is 2.47. The van der Waals surface area contributed by atoms with Gasteiger partial charge in [0.25, 0.3) is 0 Å². The fourth-order valence-corrected chi connectivity index (χ4v) is 1.70. The molecule has 1 saturated heterocycles. The first-order chi connectivity index (χ1) is 8.91. The van der Waals surface area contributed by atoms with Crippen LogP contribution in [0.15, 0.2) is 30.3 Å². The van der Waals surface area contributed by atoms with Crippen LogP contribution >= 0.6 is 0 Å². The molecule has 1 aliphatic rings. The van der Waals surface area contributed by atoms with Crippen LogP contribution < -0.4 is 5.73 Å². The standard InChI is InChI=1S/C14H19NO4/c1-13(2)18-9-14(15,10-19-13)12(16)17-8-11-6-4-3-5-7-11/h3-7H,8-10,15H2,1-2H3/p+1. The summed E-state index contributed by atoms with van der Waals surface area (Å²) in [5, 5.41) is 0. The molecule has 0 radical (unpaired) electrons. The lowest BCUT2D eigenvalue weighted by molar-refractivity contribution is -0.505. The molecule has 0 unspecified atom stereocenters. The molecule has 19 heavy (non-hydrogen) atoms.